The summed E-state index contributed by atoms with van der Waals surface area (Å²) >= 11 is 2.13. The van der Waals surface area contributed by atoms with Crippen LogP contribution in [0.2, 0.25) is 0 Å². The van der Waals surface area contributed by atoms with Gasteiger partial charge in [-0.2, -0.15) is 0 Å². The molecule has 0 saturated carbocycles. The fourth-order valence-corrected chi connectivity index (χ4v) is 1.65. The van der Waals surface area contributed by atoms with Crippen LogP contribution in [-0.2, 0) is 4.79 Å². The number of anilines is 1. The zero-order chi connectivity index (χ0) is 10.1. The van der Waals surface area contributed by atoms with Crippen molar-refractivity contribution in [3.8, 4) is 0 Å². The lowest BCUT2D eigenvalue weighted by atomic mass is 10.0. The van der Waals surface area contributed by atoms with Gasteiger partial charge < -0.3 is 10.6 Å². The fraction of sp³-hybridized carbons (Fsp3) is 0.375. The lowest BCUT2D eigenvalue weighted by molar-refractivity contribution is -0.120. The van der Waals surface area contributed by atoms with E-state index in [0.717, 1.165) is 16.5 Å². The van der Waals surface area contributed by atoms with Gasteiger partial charge in [0.2, 0.25) is 11.9 Å². The Bertz CT molecular complexity index is 353. The predicted octanol–water partition coefficient (Wildman–Crippen LogP) is 0.145. The van der Waals surface area contributed by atoms with E-state index in [4.69, 9.17) is 5.73 Å². The van der Waals surface area contributed by atoms with E-state index in [0.29, 0.717) is 5.95 Å². The van der Waals surface area contributed by atoms with Crippen LogP contribution in [0.3, 0.4) is 0 Å². The van der Waals surface area contributed by atoms with Crippen molar-refractivity contribution >= 4 is 34.4 Å². The molecule has 1 aliphatic rings. The Labute approximate surface area is 94.8 Å². The molecule has 2 heterocycles. The van der Waals surface area contributed by atoms with E-state index >= 15 is 0 Å². The number of nitrogens with zero attached hydrogens (tertiary/aromatic N) is 3. The molecule has 0 spiro atoms. The molecule has 74 valence electrons. The van der Waals surface area contributed by atoms with Crippen LogP contribution in [0.5, 0.6) is 0 Å². The minimum Gasteiger partial charge on any atom is -0.368 e. The van der Waals surface area contributed by atoms with Crippen LogP contribution in [0, 0.1) is 3.57 Å². The van der Waals surface area contributed by atoms with Crippen molar-refractivity contribution in [2.45, 2.75) is 12.5 Å². The van der Waals surface area contributed by atoms with Gasteiger partial charge in [0, 0.05) is 22.5 Å². The first-order valence-corrected chi connectivity index (χ1v) is 5.30. The summed E-state index contributed by atoms with van der Waals surface area (Å²) in [5, 5.41) is 0. The van der Waals surface area contributed by atoms with Crippen molar-refractivity contribution in [1.29, 1.82) is 0 Å². The number of carbonyl (C=O) groups is 1. The lowest BCUT2D eigenvalue weighted by Crippen LogP contribution is -2.55. The van der Waals surface area contributed by atoms with E-state index in [2.05, 4.69) is 32.6 Å². The summed E-state index contributed by atoms with van der Waals surface area (Å²) < 4.78 is 0.975. The predicted molar refractivity (Wildman–Crippen MR) is 59.7 cm³/mol. The SMILES string of the molecule is NC(=O)C1CCN1c1ncc(I)cn1. The molecule has 1 saturated heterocycles. The van der Waals surface area contributed by atoms with Gasteiger partial charge >= 0.3 is 0 Å². The monoisotopic (exact) mass is 304 g/mol. The minimum atomic E-state index is -0.307. The zero-order valence-corrected chi connectivity index (χ0v) is 9.51. The average Bonchev–Trinajstić information content (AvgIpc) is 2.05. The second-order valence-electron chi connectivity index (χ2n) is 3.10. The molecule has 5 nitrogen and oxygen atoms in total. The highest BCUT2D eigenvalue weighted by molar-refractivity contribution is 14.1. The average molecular weight is 304 g/mol. The number of hydrogen-bond acceptors (Lipinski definition) is 4. The number of carbonyl (C=O) groups excluding carboxylic acids is 1. The molecule has 6 heteroatoms. The molecule has 0 aliphatic carbocycles. The summed E-state index contributed by atoms with van der Waals surface area (Å²) in [7, 11) is 0. The van der Waals surface area contributed by atoms with Crippen molar-refractivity contribution in [2.24, 2.45) is 5.73 Å². The first-order chi connectivity index (χ1) is 6.68. The summed E-state index contributed by atoms with van der Waals surface area (Å²) in [5.74, 6) is 0.277. The molecule has 14 heavy (non-hydrogen) atoms. The molecule has 0 bridgehead atoms. The Morgan fingerprint density at radius 2 is 2.21 bits per heavy atom. The van der Waals surface area contributed by atoms with Crippen LogP contribution >= 0.6 is 22.6 Å². The van der Waals surface area contributed by atoms with Crippen molar-refractivity contribution < 1.29 is 4.79 Å². The third-order valence-corrected chi connectivity index (χ3v) is 2.77. The van der Waals surface area contributed by atoms with Gasteiger partial charge in [-0.15, -0.1) is 0 Å². The molecular weight excluding hydrogens is 295 g/mol. The van der Waals surface area contributed by atoms with Gasteiger partial charge in [-0.25, -0.2) is 9.97 Å². The Morgan fingerprint density at radius 1 is 1.57 bits per heavy atom. The summed E-state index contributed by atoms with van der Waals surface area (Å²) in [5.41, 5.74) is 5.22. The molecule has 1 atom stereocenters. The molecule has 1 aromatic rings. The normalized spacial score (nSPS) is 20.4. The topological polar surface area (TPSA) is 72.1 Å². The molecule has 1 aromatic heterocycles. The molecule has 2 N–H and O–H groups in total. The standard InChI is InChI=1S/C8H9IN4O/c9-5-3-11-8(12-4-5)13-2-1-6(13)7(10)14/h3-4,6H,1-2H2,(H2,10,14). The maximum absolute atomic E-state index is 11.0. The highest BCUT2D eigenvalue weighted by Crippen LogP contribution is 2.22. The number of primary amides is 1. The maximum Gasteiger partial charge on any atom is 0.240 e. The van der Waals surface area contributed by atoms with E-state index in [-0.39, 0.29) is 11.9 Å². The third-order valence-electron chi connectivity index (χ3n) is 2.21. The number of rotatable bonds is 2. The van der Waals surface area contributed by atoms with Crippen molar-refractivity contribution in [2.75, 3.05) is 11.4 Å². The minimum absolute atomic E-state index is 0.227. The number of hydrogen-bond donors (Lipinski definition) is 1. The van der Waals surface area contributed by atoms with Gasteiger partial charge in [-0.05, 0) is 29.0 Å². The van der Waals surface area contributed by atoms with Crippen molar-refractivity contribution in [3.05, 3.63) is 16.0 Å². The Hall–Kier alpha value is -0.920. The van der Waals surface area contributed by atoms with Gasteiger partial charge in [0.05, 0.1) is 0 Å². The molecule has 0 aromatic carbocycles. The van der Waals surface area contributed by atoms with E-state index in [9.17, 15) is 4.79 Å². The van der Waals surface area contributed by atoms with Crippen LogP contribution in [-0.4, -0.2) is 28.5 Å². The van der Waals surface area contributed by atoms with Crippen molar-refractivity contribution in [3.63, 3.8) is 0 Å². The van der Waals surface area contributed by atoms with E-state index < -0.39 is 0 Å². The van der Waals surface area contributed by atoms with Crippen LogP contribution < -0.4 is 10.6 Å². The van der Waals surface area contributed by atoms with Crippen molar-refractivity contribution in [1.82, 2.24) is 9.97 Å². The smallest absolute Gasteiger partial charge is 0.240 e. The van der Waals surface area contributed by atoms with Gasteiger partial charge in [-0.1, -0.05) is 0 Å². The second-order valence-corrected chi connectivity index (χ2v) is 4.35. The van der Waals surface area contributed by atoms with E-state index in [1.54, 1.807) is 12.4 Å². The highest BCUT2D eigenvalue weighted by Gasteiger charge is 2.34. The zero-order valence-electron chi connectivity index (χ0n) is 7.35. The summed E-state index contributed by atoms with van der Waals surface area (Å²) in [4.78, 5) is 21.0. The number of aromatic nitrogens is 2. The van der Waals surface area contributed by atoms with Crippen LogP contribution in [0.4, 0.5) is 5.95 Å². The second kappa shape index (κ2) is 3.68. The largest absolute Gasteiger partial charge is 0.368 e. The Kier molecular flexibility index (Phi) is 2.53. The van der Waals surface area contributed by atoms with Gasteiger partial charge in [-0.3, -0.25) is 4.79 Å². The molecule has 1 fully saturated rings. The molecule has 2 rings (SSSR count). The molecule has 1 aliphatic heterocycles. The van der Waals surface area contributed by atoms with Crippen LogP contribution in [0.15, 0.2) is 12.4 Å². The summed E-state index contributed by atoms with van der Waals surface area (Å²) in [6, 6.07) is -0.227. The quantitative estimate of drug-likeness (QED) is 0.789. The summed E-state index contributed by atoms with van der Waals surface area (Å²) in [6.45, 7) is 0.800. The molecule has 1 unspecified atom stereocenters. The van der Waals surface area contributed by atoms with E-state index in [1.807, 2.05) is 4.90 Å². The Morgan fingerprint density at radius 3 is 2.64 bits per heavy atom. The number of halogens is 1. The molecule has 1 amide bonds. The number of nitrogens with two attached hydrogens (primary N) is 1. The van der Waals surface area contributed by atoms with Crippen LogP contribution in [0.25, 0.3) is 0 Å². The molecule has 0 radical (unpaired) electrons. The van der Waals surface area contributed by atoms with Gasteiger partial charge in [0.15, 0.2) is 0 Å². The fourth-order valence-electron chi connectivity index (χ4n) is 1.38. The molecular formula is C8H9IN4O. The van der Waals surface area contributed by atoms with Gasteiger partial charge in [0.1, 0.15) is 6.04 Å². The maximum atomic E-state index is 11.0. The van der Waals surface area contributed by atoms with Crippen LogP contribution in [0.1, 0.15) is 6.42 Å². The summed E-state index contributed by atoms with van der Waals surface area (Å²) in [6.07, 6.45) is 4.24. The first-order valence-electron chi connectivity index (χ1n) is 4.22. The Balaban J connectivity index is 2.16. The number of amides is 1. The van der Waals surface area contributed by atoms with E-state index in [1.165, 1.54) is 0 Å². The highest BCUT2D eigenvalue weighted by atomic mass is 127. The third kappa shape index (κ3) is 1.66. The van der Waals surface area contributed by atoms with Gasteiger partial charge in [0.25, 0.3) is 0 Å². The first kappa shape index (κ1) is 9.63. The lowest BCUT2D eigenvalue weighted by Gasteiger charge is -2.38.